The lowest BCUT2D eigenvalue weighted by Crippen LogP contribution is -2.24. The molecule has 162 valence electrons. The SMILES string of the molecule is Cc1onc(-c2ccccc2Cl)c1C(=O)Nc1cccc(NC(=O)C(C)n2cccn2)c1. The van der Waals surface area contributed by atoms with Crippen LogP contribution < -0.4 is 10.6 Å². The molecular weight excluding hydrogens is 430 g/mol. The third-order valence-corrected chi connectivity index (χ3v) is 5.24. The molecule has 0 bridgehead atoms. The second-order valence-electron chi connectivity index (χ2n) is 7.13. The maximum Gasteiger partial charge on any atom is 0.261 e. The Morgan fingerprint density at radius 1 is 1.06 bits per heavy atom. The average Bonchev–Trinajstić information content (AvgIpc) is 3.44. The molecule has 0 aliphatic carbocycles. The van der Waals surface area contributed by atoms with Gasteiger partial charge in [0.2, 0.25) is 5.91 Å². The smallest absolute Gasteiger partial charge is 0.261 e. The quantitative estimate of drug-likeness (QED) is 0.433. The van der Waals surface area contributed by atoms with Gasteiger partial charge < -0.3 is 15.2 Å². The molecule has 2 aromatic carbocycles. The molecule has 0 saturated carbocycles. The zero-order chi connectivity index (χ0) is 22.7. The van der Waals surface area contributed by atoms with Crippen LogP contribution in [0.25, 0.3) is 11.3 Å². The molecular formula is C23H20ClN5O3. The Labute approximate surface area is 189 Å². The van der Waals surface area contributed by atoms with E-state index in [1.807, 2.05) is 6.07 Å². The number of benzene rings is 2. The van der Waals surface area contributed by atoms with Crippen molar-refractivity contribution in [3.05, 3.63) is 83.3 Å². The standard InChI is InChI=1S/C23H20ClN5O3/c1-14(29-12-6-11-25-29)22(30)26-16-7-5-8-17(13-16)27-23(31)20-15(2)32-28-21(20)18-9-3-4-10-19(18)24/h3-14H,1-2H3,(H,26,30)(H,27,31). The zero-order valence-electron chi connectivity index (χ0n) is 17.4. The van der Waals surface area contributed by atoms with Crippen LogP contribution in [0, 0.1) is 6.92 Å². The first kappa shape index (κ1) is 21.3. The maximum absolute atomic E-state index is 13.0. The minimum absolute atomic E-state index is 0.229. The van der Waals surface area contributed by atoms with Crippen molar-refractivity contribution in [2.24, 2.45) is 0 Å². The number of carbonyl (C=O) groups is 2. The molecule has 8 nitrogen and oxygen atoms in total. The Hall–Kier alpha value is -3.91. The first-order valence-corrected chi connectivity index (χ1v) is 10.2. The highest BCUT2D eigenvalue weighted by molar-refractivity contribution is 6.33. The van der Waals surface area contributed by atoms with Crippen LogP contribution in [-0.2, 0) is 4.79 Å². The van der Waals surface area contributed by atoms with Crippen LogP contribution in [0.4, 0.5) is 11.4 Å². The van der Waals surface area contributed by atoms with Gasteiger partial charge in [-0.15, -0.1) is 0 Å². The van der Waals surface area contributed by atoms with Gasteiger partial charge >= 0.3 is 0 Å². The molecule has 2 amide bonds. The Morgan fingerprint density at radius 2 is 1.81 bits per heavy atom. The molecule has 1 unspecified atom stereocenters. The van der Waals surface area contributed by atoms with Gasteiger partial charge in [0, 0.05) is 29.3 Å². The Bertz CT molecular complexity index is 1270. The molecule has 2 heterocycles. The highest BCUT2D eigenvalue weighted by Gasteiger charge is 2.23. The van der Waals surface area contributed by atoms with Crippen molar-refractivity contribution in [2.45, 2.75) is 19.9 Å². The van der Waals surface area contributed by atoms with E-state index in [4.69, 9.17) is 16.1 Å². The van der Waals surface area contributed by atoms with Crippen LogP contribution in [-0.4, -0.2) is 26.8 Å². The number of amides is 2. The predicted octanol–water partition coefficient (Wildman–Crippen LogP) is 4.95. The molecule has 1 atom stereocenters. The number of nitrogens with zero attached hydrogens (tertiary/aromatic N) is 3. The van der Waals surface area contributed by atoms with E-state index in [0.717, 1.165) is 0 Å². The third kappa shape index (κ3) is 4.40. The Morgan fingerprint density at radius 3 is 2.53 bits per heavy atom. The zero-order valence-corrected chi connectivity index (χ0v) is 18.1. The molecule has 2 aromatic heterocycles. The second kappa shape index (κ2) is 9.07. The first-order chi connectivity index (χ1) is 15.4. The largest absolute Gasteiger partial charge is 0.360 e. The summed E-state index contributed by atoms with van der Waals surface area (Å²) in [7, 11) is 0. The van der Waals surface area contributed by atoms with E-state index in [2.05, 4.69) is 20.9 Å². The van der Waals surface area contributed by atoms with Crippen molar-refractivity contribution in [3.63, 3.8) is 0 Å². The van der Waals surface area contributed by atoms with Crippen LogP contribution in [0.1, 0.15) is 29.1 Å². The van der Waals surface area contributed by atoms with E-state index in [9.17, 15) is 9.59 Å². The van der Waals surface area contributed by atoms with Crippen molar-refractivity contribution in [1.29, 1.82) is 0 Å². The molecule has 0 aliphatic rings. The first-order valence-electron chi connectivity index (χ1n) is 9.86. The fourth-order valence-corrected chi connectivity index (χ4v) is 3.45. The predicted molar refractivity (Wildman–Crippen MR) is 122 cm³/mol. The van der Waals surface area contributed by atoms with Gasteiger partial charge in [0.05, 0.1) is 5.02 Å². The monoisotopic (exact) mass is 449 g/mol. The van der Waals surface area contributed by atoms with Gasteiger partial charge in [0.15, 0.2) is 0 Å². The number of aryl methyl sites for hydroxylation is 1. The summed E-state index contributed by atoms with van der Waals surface area (Å²) in [6.07, 6.45) is 3.34. The Balaban J connectivity index is 1.52. The number of aromatic nitrogens is 3. The van der Waals surface area contributed by atoms with E-state index in [0.29, 0.717) is 39.0 Å². The fraction of sp³-hybridized carbons (Fsp3) is 0.130. The van der Waals surface area contributed by atoms with Crippen LogP contribution in [0.15, 0.2) is 71.5 Å². The number of anilines is 2. The van der Waals surface area contributed by atoms with E-state index in [1.54, 1.807) is 79.5 Å². The summed E-state index contributed by atoms with van der Waals surface area (Å²) in [5, 5.41) is 14.2. The van der Waals surface area contributed by atoms with E-state index >= 15 is 0 Å². The van der Waals surface area contributed by atoms with Crippen molar-refractivity contribution < 1.29 is 14.1 Å². The van der Waals surface area contributed by atoms with Gasteiger partial charge in [-0.2, -0.15) is 5.10 Å². The summed E-state index contributed by atoms with van der Waals surface area (Å²) in [6, 6.07) is 15.2. The summed E-state index contributed by atoms with van der Waals surface area (Å²) >= 11 is 6.28. The Kier molecular flexibility index (Phi) is 6.04. The number of hydrogen-bond donors (Lipinski definition) is 2. The molecule has 0 spiro atoms. The number of nitrogens with one attached hydrogen (secondary N) is 2. The van der Waals surface area contributed by atoms with Gasteiger partial charge in [-0.1, -0.05) is 41.0 Å². The fourth-order valence-electron chi connectivity index (χ4n) is 3.22. The van der Waals surface area contributed by atoms with Gasteiger partial charge in [0.25, 0.3) is 5.91 Å². The van der Waals surface area contributed by atoms with Gasteiger partial charge in [-0.05, 0) is 44.2 Å². The van der Waals surface area contributed by atoms with Gasteiger partial charge in [-0.25, -0.2) is 0 Å². The summed E-state index contributed by atoms with van der Waals surface area (Å²) in [4.78, 5) is 25.6. The molecule has 9 heteroatoms. The van der Waals surface area contributed by atoms with Crippen molar-refractivity contribution in [1.82, 2.24) is 14.9 Å². The van der Waals surface area contributed by atoms with Crippen molar-refractivity contribution >= 4 is 34.8 Å². The summed E-state index contributed by atoms with van der Waals surface area (Å²) in [5.41, 5.74) is 2.30. The molecule has 0 fully saturated rings. The van der Waals surface area contributed by atoms with Crippen LogP contribution >= 0.6 is 11.6 Å². The molecule has 4 aromatic rings. The third-order valence-electron chi connectivity index (χ3n) is 4.91. The summed E-state index contributed by atoms with van der Waals surface area (Å²) in [5.74, 6) is -0.255. The molecule has 0 aliphatic heterocycles. The summed E-state index contributed by atoms with van der Waals surface area (Å²) in [6.45, 7) is 3.41. The van der Waals surface area contributed by atoms with Crippen LogP contribution in [0.5, 0.6) is 0 Å². The topological polar surface area (TPSA) is 102 Å². The summed E-state index contributed by atoms with van der Waals surface area (Å²) < 4.78 is 6.83. The number of rotatable bonds is 6. The van der Waals surface area contributed by atoms with Crippen LogP contribution in [0.3, 0.4) is 0 Å². The molecule has 0 radical (unpaired) electrons. The van der Waals surface area contributed by atoms with Crippen molar-refractivity contribution in [3.8, 4) is 11.3 Å². The number of carbonyl (C=O) groups excluding carboxylic acids is 2. The van der Waals surface area contributed by atoms with Crippen LogP contribution in [0.2, 0.25) is 5.02 Å². The lowest BCUT2D eigenvalue weighted by atomic mass is 10.1. The highest BCUT2D eigenvalue weighted by Crippen LogP contribution is 2.31. The van der Waals surface area contributed by atoms with Gasteiger partial charge in [0.1, 0.15) is 23.1 Å². The molecule has 0 saturated heterocycles. The van der Waals surface area contributed by atoms with E-state index in [-0.39, 0.29) is 5.91 Å². The normalized spacial score (nSPS) is 11.7. The minimum Gasteiger partial charge on any atom is -0.360 e. The lowest BCUT2D eigenvalue weighted by molar-refractivity contribution is -0.119. The van der Waals surface area contributed by atoms with E-state index < -0.39 is 11.9 Å². The van der Waals surface area contributed by atoms with Gasteiger partial charge in [-0.3, -0.25) is 14.3 Å². The second-order valence-corrected chi connectivity index (χ2v) is 7.54. The number of hydrogen-bond acceptors (Lipinski definition) is 5. The molecule has 4 rings (SSSR count). The molecule has 32 heavy (non-hydrogen) atoms. The maximum atomic E-state index is 13.0. The lowest BCUT2D eigenvalue weighted by Gasteiger charge is -2.13. The molecule has 2 N–H and O–H groups in total. The highest BCUT2D eigenvalue weighted by atomic mass is 35.5. The minimum atomic E-state index is -0.485. The average molecular weight is 450 g/mol. The van der Waals surface area contributed by atoms with E-state index in [1.165, 1.54) is 0 Å². The van der Waals surface area contributed by atoms with Crippen molar-refractivity contribution in [2.75, 3.05) is 10.6 Å². The number of halogens is 1.